The van der Waals surface area contributed by atoms with Gasteiger partial charge in [-0.1, -0.05) is 42.0 Å². The van der Waals surface area contributed by atoms with Crippen molar-refractivity contribution in [3.63, 3.8) is 0 Å². The zero-order chi connectivity index (χ0) is 23.7. The van der Waals surface area contributed by atoms with Gasteiger partial charge in [0.2, 0.25) is 0 Å². The van der Waals surface area contributed by atoms with E-state index in [2.05, 4.69) is 9.97 Å². The van der Waals surface area contributed by atoms with Crippen molar-refractivity contribution in [1.29, 1.82) is 0 Å². The summed E-state index contributed by atoms with van der Waals surface area (Å²) >= 11 is 0. The lowest BCUT2D eigenvalue weighted by molar-refractivity contribution is 0.0328. The van der Waals surface area contributed by atoms with E-state index < -0.39 is 17.8 Å². The maximum absolute atomic E-state index is 13.2. The van der Waals surface area contributed by atoms with Gasteiger partial charge in [-0.2, -0.15) is 0 Å². The molecule has 0 bridgehead atoms. The number of esters is 1. The molecule has 1 atom stereocenters. The van der Waals surface area contributed by atoms with Crippen molar-refractivity contribution < 1.29 is 13.9 Å². The van der Waals surface area contributed by atoms with Crippen molar-refractivity contribution in [3.8, 4) is 16.8 Å². The summed E-state index contributed by atoms with van der Waals surface area (Å²) in [6.45, 7) is 3.74. The normalized spacial score (nSPS) is 11.9. The van der Waals surface area contributed by atoms with Gasteiger partial charge < -0.3 is 9.15 Å². The molecule has 0 aliphatic rings. The van der Waals surface area contributed by atoms with Crippen molar-refractivity contribution in [2.24, 2.45) is 0 Å². The molecule has 0 aliphatic heterocycles. The first kappa shape index (κ1) is 21.3. The summed E-state index contributed by atoms with van der Waals surface area (Å²) in [4.78, 5) is 34.1. The lowest BCUT2D eigenvalue weighted by atomic mass is 10.0. The Morgan fingerprint density at radius 3 is 2.56 bits per heavy atom. The van der Waals surface area contributed by atoms with E-state index in [0.29, 0.717) is 28.0 Å². The minimum absolute atomic E-state index is 0.306. The van der Waals surface area contributed by atoms with Gasteiger partial charge in [0, 0.05) is 12.4 Å². The number of ether oxygens (including phenoxy) is 1. The highest BCUT2D eigenvalue weighted by Gasteiger charge is 2.19. The van der Waals surface area contributed by atoms with Gasteiger partial charge in [0.25, 0.3) is 0 Å². The third-order valence-electron chi connectivity index (χ3n) is 5.57. The fourth-order valence-corrected chi connectivity index (χ4v) is 3.79. The number of benzene rings is 3. The van der Waals surface area contributed by atoms with Crippen LogP contribution in [0.5, 0.6) is 0 Å². The Morgan fingerprint density at radius 2 is 1.79 bits per heavy atom. The molecule has 0 spiro atoms. The second-order valence-corrected chi connectivity index (χ2v) is 7.98. The highest BCUT2D eigenvalue weighted by atomic mass is 16.5. The maximum Gasteiger partial charge on any atom is 0.424 e. The fourth-order valence-electron chi connectivity index (χ4n) is 3.79. The largest absolute Gasteiger partial charge is 0.452 e. The number of hydrogen-bond donors (Lipinski definition) is 0. The van der Waals surface area contributed by atoms with Crippen molar-refractivity contribution in [2.75, 3.05) is 0 Å². The first-order chi connectivity index (χ1) is 16.5. The van der Waals surface area contributed by atoms with Crippen LogP contribution in [0.15, 0.2) is 94.5 Å². The molecular formula is C27H21N3O4. The summed E-state index contributed by atoms with van der Waals surface area (Å²) in [6, 6.07) is 20.3. The lowest BCUT2D eigenvalue weighted by Gasteiger charge is -2.14. The van der Waals surface area contributed by atoms with Gasteiger partial charge in [0.15, 0.2) is 5.58 Å². The third kappa shape index (κ3) is 4.11. The van der Waals surface area contributed by atoms with Gasteiger partial charge in [-0.25, -0.2) is 14.2 Å². The molecule has 5 rings (SSSR count). The molecule has 2 aromatic heterocycles. The van der Waals surface area contributed by atoms with E-state index in [1.807, 2.05) is 43.3 Å². The highest BCUT2D eigenvalue weighted by molar-refractivity contribution is 5.92. The summed E-state index contributed by atoms with van der Waals surface area (Å²) < 4.78 is 12.5. The van der Waals surface area contributed by atoms with Gasteiger partial charge in [0.1, 0.15) is 6.10 Å². The van der Waals surface area contributed by atoms with E-state index in [0.717, 1.165) is 16.7 Å². The summed E-state index contributed by atoms with van der Waals surface area (Å²) in [5, 5.41) is 0. The van der Waals surface area contributed by atoms with Crippen LogP contribution in [-0.4, -0.2) is 20.5 Å². The van der Waals surface area contributed by atoms with Gasteiger partial charge in [-0.15, -0.1) is 0 Å². The van der Waals surface area contributed by atoms with E-state index in [1.54, 1.807) is 55.8 Å². The first-order valence-electron chi connectivity index (χ1n) is 10.8. The van der Waals surface area contributed by atoms with Crippen LogP contribution in [-0.2, 0) is 4.74 Å². The van der Waals surface area contributed by atoms with Crippen LogP contribution in [0.2, 0.25) is 0 Å². The molecule has 0 fully saturated rings. The molecule has 1 unspecified atom stereocenters. The number of fused-ring (bicyclic) bond motifs is 1. The molecular weight excluding hydrogens is 430 g/mol. The number of aryl methyl sites for hydroxylation is 1. The molecule has 0 N–H and O–H groups in total. The van der Waals surface area contributed by atoms with E-state index in [1.165, 1.54) is 4.57 Å². The van der Waals surface area contributed by atoms with Crippen LogP contribution >= 0.6 is 0 Å². The molecule has 34 heavy (non-hydrogen) atoms. The number of carbonyl (C=O) groups excluding carboxylic acids is 1. The van der Waals surface area contributed by atoms with Gasteiger partial charge in [0.05, 0.1) is 28.7 Å². The fraction of sp³-hybridized carbons (Fsp3) is 0.111. The molecule has 2 heterocycles. The van der Waals surface area contributed by atoms with Crippen molar-refractivity contribution in [1.82, 2.24) is 14.5 Å². The Bertz CT molecular complexity index is 1540. The number of oxazole rings is 1. The number of para-hydroxylation sites is 2. The zero-order valence-corrected chi connectivity index (χ0v) is 18.6. The number of aromatic nitrogens is 3. The second-order valence-electron chi connectivity index (χ2n) is 7.98. The van der Waals surface area contributed by atoms with Crippen LogP contribution in [0.4, 0.5) is 0 Å². The monoisotopic (exact) mass is 451 g/mol. The van der Waals surface area contributed by atoms with E-state index in [-0.39, 0.29) is 0 Å². The van der Waals surface area contributed by atoms with Crippen LogP contribution in [0.3, 0.4) is 0 Å². The number of hydrogen-bond acceptors (Lipinski definition) is 6. The van der Waals surface area contributed by atoms with Crippen molar-refractivity contribution >= 4 is 17.1 Å². The average molecular weight is 451 g/mol. The van der Waals surface area contributed by atoms with Gasteiger partial charge >= 0.3 is 11.7 Å². The molecule has 0 amide bonds. The topological polar surface area (TPSA) is 87.2 Å². The average Bonchev–Trinajstić information content (AvgIpc) is 3.20. The van der Waals surface area contributed by atoms with Crippen LogP contribution in [0.1, 0.15) is 34.6 Å². The van der Waals surface area contributed by atoms with Crippen molar-refractivity contribution in [2.45, 2.75) is 20.0 Å². The molecule has 168 valence electrons. The smallest absolute Gasteiger partial charge is 0.424 e. The molecule has 0 radical (unpaired) electrons. The Kier molecular flexibility index (Phi) is 5.51. The minimum Gasteiger partial charge on any atom is -0.452 e. The summed E-state index contributed by atoms with van der Waals surface area (Å²) in [5.74, 6) is -1.07. The first-order valence-corrected chi connectivity index (χ1v) is 10.8. The second kappa shape index (κ2) is 8.78. The highest BCUT2D eigenvalue weighted by Crippen LogP contribution is 2.27. The number of nitrogens with zero attached hydrogens (tertiary/aromatic N) is 3. The predicted molar refractivity (Wildman–Crippen MR) is 128 cm³/mol. The Hall–Kier alpha value is -4.52. The molecule has 3 aromatic carbocycles. The Balaban J connectivity index is 1.62. The van der Waals surface area contributed by atoms with Gasteiger partial charge in [-0.3, -0.25) is 9.97 Å². The quantitative estimate of drug-likeness (QED) is 0.339. The van der Waals surface area contributed by atoms with Crippen molar-refractivity contribution in [3.05, 3.63) is 113 Å². The van der Waals surface area contributed by atoms with E-state index in [9.17, 15) is 9.59 Å². The Morgan fingerprint density at radius 1 is 1.00 bits per heavy atom. The summed E-state index contributed by atoms with van der Waals surface area (Å²) in [6.07, 6.45) is 4.07. The molecule has 0 aliphatic carbocycles. The third-order valence-corrected chi connectivity index (χ3v) is 5.57. The minimum atomic E-state index is -0.592. The lowest BCUT2D eigenvalue weighted by Crippen LogP contribution is -2.14. The molecule has 0 saturated heterocycles. The van der Waals surface area contributed by atoms with Crippen LogP contribution < -0.4 is 5.76 Å². The molecule has 0 saturated carbocycles. The maximum atomic E-state index is 13.2. The van der Waals surface area contributed by atoms with Crippen LogP contribution in [0.25, 0.3) is 27.9 Å². The molecule has 7 heteroatoms. The standard InChI is InChI=1S/C27H21N3O4/c1-17-7-9-19(10-8-17)20-13-21(26(31)33-18(2)23-16-28-11-12-29-23)15-22(14-20)30-24-5-3-4-6-25(24)34-27(30)32/h3-16,18H,1-2H3. The molecule has 7 nitrogen and oxygen atoms in total. The number of rotatable bonds is 5. The number of carbonyl (C=O) groups is 1. The SMILES string of the molecule is Cc1ccc(-c2cc(C(=O)OC(C)c3cnccn3)cc(-n3c(=O)oc4ccccc43)c2)cc1. The van der Waals surface area contributed by atoms with E-state index in [4.69, 9.17) is 9.15 Å². The molecule has 5 aromatic rings. The predicted octanol–water partition coefficient (Wildman–Crippen LogP) is 5.27. The summed E-state index contributed by atoms with van der Waals surface area (Å²) in [7, 11) is 0. The van der Waals surface area contributed by atoms with Crippen LogP contribution in [0, 0.1) is 6.92 Å². The summed E-state index contributed by atoms with van der Waals surface area (Å²) in [5.41, 5.74) is 5.23. The zero-order valence-electron chi connectivity index (χ0n) is 18.6. The Labute approximate surface area is 195 Å². The van der Waals surface area contributed by atoms with E-state index >= 15 is 0 Å². The van der Waals surface area contributed by atoms with Gasteiger partial charge in [-0.05, 0) is 55.3 Å².